The Labute approximate surface area is 151 Å². The standard InChI is InChI=1S/C14H15F3N2O7S/c15-14(16,17)27(24,25)26-11-3-1-9(2-4-11)7-10-8-18(12(20)21)5-6-19(10)13(22)23/h1-4,10H,5-8H2,(H,20,21)(H,22,23)/t10-/m1/s1. The van der Waals surface area contributed by atoms with Gasteiger partial charge >= 0.3 is 27.8 Å². The highest BCUT2D eigenvalue weighted by Crippen LogP contribution is 2.27. The number of benzene rings is 1. The number of halogens is 3. The highest BCUT2D eigenvalue weighted by Gasteiger charge is 2.48. The Morgan fingerprint density at radius 3 is 2.19 bits per heavy atom. The predicted octanol–water partition coefficient (Wildman–Crippen LogP) is 1.80. The van der Waals surface area contributed by atoms with Crippen molar-refractivity contribution in [1.29, 1.82) is 0 Å². The first kappa shape index (κ1) is 20.6. The lowest BCUT2D eigenvalue weighted by molar-refractivity contribution is -0.0500. The van der Waals surface area contributed by atoms with Crippen LogP contribution in [0, 0.1) is 0 Å². The van der Waals surface area contributed by atoms with E-state index >= 15 is 0 Å². The summed E-state index contributed by atoms with van der Waals surface area (Å²) in [4.78, 5) is 24.5. The average molecular weight is 412 g/mol. The van der Waals surface area contributed by atoms with Crippen LogP contribution in [-0.2, 0) is 16.5 Å². The van der Waals surface area contributed by atoms with Crippen LogP contribution in [0.2, 0.25) is 0 Å². The molecule has 1 saturated heterocycles. The Balaban J connectivity index is 2.12. The zero-order valence-corrected chi connectivity index (χ0v) is 14.4. The lowest BCUT2D eigenvalue weighted by Crippen LogP contribution is -2.56. The van der Waals surface area contributed by atoms with E-state index in [4.69, 9.17) is 5.11 Å². The Morgan fingerprint density at radius 1 is 1.11 bits per heavy atom. The third kappa shape index (κ3) is 4.93. The van der Waals surface area contributed by atoms with Gasteiger partial charge in [-0.05, 0) is 24.1 Å². The first-order chi connectivity index (χ1) is 12.4. The molecule has 0 radical (unpaired) electrons. The van der Waals surface area contributed by atoms with Gasteiger partial charge in [0, 0.05) is 19.6 Å². The fourth-order valence-corrected chi connectivity index (χ4v) is 3.04. The van der Waals surface area contributed by atoms with Crippen molar-refractivity contribution in [3.05, 3.63) is 29.8 Å². The highest BCUT2D eigenvalue weighted by molar-refractivity contribution is 7.88. The van der Waals surface area contributed by atoms with E-state index in [0.717, 1.165) is 21.9 Å². The van der Waals surface area contributed by atoms with Gasteiger partial charge in [-0.2, -0.15) is 21.6 Å². The zero-order valence-electron chi connectivity index (χ0n) is 13.6. The summed E-state index contributed by atoms with van der Waals surface area (Å²) in [6.07, 6.45) is -2.32. The minimum atomic E-state index is -5.79. The summed E-state index contributed by atoms with van der Waals surface area (Å²) < 4.78 is 62.8. The maximum atomic E-state index is 12.3. The largest absolute Gasteiger partial charge is 0.534 e. The highest BCUT2D eigenvalue weighted by atomic mass is 32.2. The van der Waals surface area contributed by atoms with Gasteiger partial charge < -0.3 is 24.2 Å². The van der Waals surface area contributed by atoms with Gasteiger partial charge in [0.25, 0.3) is 0 Å². The quantitative estimate of drug-likeness (QED) is 0.571. The molecule has 150 valence electrons. The fourth-order valence-electron chi connectivity index (χ4n) is 2.58. The lowest BCUT2D eigenvalue weighted by atomic mass is 10.0. The Morgan fingerprint density at radius 2 is 1.70 bits per heavy atom. The van der Waals surface area contributed by atoms with Crippen molar-refractivity contribution in [1.82, 2.24) is 9.80 Å². The van der Waals surface area contributed by atoms with Crippen molar-refractivity contribution < 1.29 is 45.6 Å². The minimum Gasteiger partial charge on any atom is -0.465 e. The summed E-state index contributed by atoms with van der Waals surface area (Å²) in [5.74, 6) is -0.554. The van der Waals surface area contributed by atoms with Crippen LogP contribution in [0.4, 0.5) is 22.8 Å². The summed E-state index contributed by atoms with van der Waals surface area (Å²) in [6, 6.07) is 3.86. The summed E-state index contributed by atoms with van der Waals surface area (Å²) >= 11 is 0. The first-order valence-corrected chi connectivity index (χ1v) is 8.88. The van der Waals surface area contributed by atoms with Crippen LogP contribution in [0.3, 0.4) is 0 Å². The first-order valence-electron chi connectivity index (χ1n) is 7.48. The van der Waals surface area contributed by atoms with Crippen molar-refractivity contribution in [3.8, 4) is 5.75 Å². The number of nitrogens with zero attached hydrogens (tertiary/aromatic N) is 2. The maximum Gasteiger partial charge on any atom is 0.534 e. The van der Waals surface area contributed by atoms with E-state index in [1.807, 2.05) is 0 Å². The molecular weight excluding hydrogens is 397 g/mol. The molecule has 1 aliphatic heterocycles. The second kappa shape index (κ2) is 7.50. The summed E-state index contributed by atoms with van der Waals surface area (Å²) in [5.41, 5.74) is -5.09. The minimum absolute atomic E-state index is 0.0165. The molecule has 2 amide bonds. The van der Waals surface area contributed by atoms with E-state index in [9.17, 15) is 36.3 Å². The van der Waals surface area contributed by atoms with E-state index in [1.54, 1.807) is 0 Å². The van der Waals surface area contributed by atoms with Crippen LogP contribution in [0.15, 0.2) is 24.3 Å². The zero-order chi connectivity index (χ0) is 20.4. The number of amides is 2. The van der Waals surface area contributed by atoms with Crippen LogP contribution < -0.4 is 4.18 Å². The number of alkyl halides is 3. The number of hydrogen-bond donors (Lipinski definition) is 2. The van der Waals surface area contributed by atoms with Crippen LogP contribution in [0.5, 0.6) is 5.75 Å². The van der Waals surface area contributed by atoms with Crippen molar-refractivity contribution in [2.45, 2.75) is 18.0 Å². The smallest absolute Gasteiger partial charge is 0.465 e. The van der Waals surface area contributed by atoms with Crippen molar-refractivity contribution in [2.75, 3.05) is 19.6 Å². The van der Waals surface area contributed by atoms with Crippen LogP contribution in [-0.4, -0.2) is 71.8 Å². The normalized spacial score (nSPS) is 18.3. The third-order valence-electron chi connectivity index (χ3n) is 3.88. The van der Waals surface area contributed by atoms with Crippen LogP contribution in [0.1, 0.15) is 5.56 Å². The molecule has 1 aliphatic rings. The molecule has 0 unspecified atom stereocenters. The second-order valence-corrected chi connectivity index (χ2v) is 7.23. The summed E-state index contributed by atoms with van der Waals surface area (Å²) in [7, 11) is -5.79. The van der Waals surface area contributed by atoms with Crippen LogP contribution in [0.25, 0.3) is 0 Å². The summed E-state index contributed by atoms with van der Waals surface area (Å²) in [6.45, 7) is -0.0557. The monoisotopic (exact) mass is 412 g/mol. The molecule has 2 rings (SSSR count). The Kier molecular flexibility index (Phi) is 5.73. The van der Waals surface area contributed by atoms with Crippen LogP contribution >= 0.6 is 0 Å². The van der Waals surface area contributed by atoms with Gasteiger partial charge in [-0.15, -0.1) is 0 Å². The molecule has 0 saturated carbocycles. The fraction of sp³-hybridized carbons (Fsp3) is 0.429. The number of carbonyl (C=O) groups is 2. The molecule has 9 nitrogen and oxygen atoms in total. The SMILES string of the molecule is O=C(O)N1CCN(C(=O)O)[C@H](Cc2ccc(OS(=O)(=O)C(F)(F)F)cc2)C1. The number of carboxylic acid groups (broad SMARTS) is 2. The van der Waals surface area contributed by atoms with Gasteiger partial charge in [0.1, 0.15) is 5.75 Å². The van der Waals surface area contributed by atoms with Gasteiger partial charge in [0.2, 0.25) is 0 Å². The van der Waals surface area contributed by atoms with E-state index in [-0.39, 0.29) is 26.1 Å². The van der Waals surface area contributed by atoms with Gasteiger partial charge in [-0.25, -0.2) is 9.59 Å². The summed E-state index contributed by atoms with van der Waals surface area (Å²) in [5, 5.41) is 18.3. The number of hydrogen-bond acceptors (Lipinski definition) is 5. The molecule has 0 aromatic heterocycles. The second-order valence-electron chi connectivity index (χ2n) is 5.69. The molecule has 2 N–H and O–H groups in total. The number of rotatable bonds is 4. The molecule has 13 heteroatoms. The third-order valence-corrected chi connectivity index (χ3v) is 4.86. The van der Waals surface area contributed by atoms with Gasteiger partial charge in [0.05, 0.1) is 6.04 Å². The molecule has 1 fully saturated rings. The van der Waals surface area contributed by atoms with Gasteiger partial charge in [-0.1, -0.05) is 12.1 Å². The molecule has 0 spiro atoms. The molecule has 27 heavy (non-hydrogen) atoms. The maximum absolute atomic E-state index is 12.3. The molecule has 1 atom stereocenters. The Bertz CT molecular complexity index is 811. The molecule has 1 aromatic carbocycles. The van der Waals surface area contributed by atoms with E-state index < -0.39 is 39.6 Å². The molecule has 1 aromatic rings. The van der Waals surface area contributed by atoms with Gasteiger partial charge in [0.15, 0.2) is 0 Å². The average Bonchev–Trinajstić information content (AvgIpc) is 2.55. The molecule has 0 bridgehead atoms. The molecular formula is C14H15F3N2O7S. The predicted molar refractivity (Wildman–Crippen MR) is 83.9 cm³/mol. The van der Waals surface area contributed by atoms with E-state index in [0.29, 0.717) is 5.56 Å². The van der Waals surface area contributed by atoms with Crippen molar-refractivity contribution >= 4 is 22.3 Å². The Hall–Kier alpha value is -2.70. The topological polar surface area (TPSA) is 124 Å². The van der Waals surface area contributed by atoms with E-state index in [1.165, 1.54) is 12.1 Å². The van der Waals surface area contributed by atoms with Crippen molar-refractivity contribution in [2.24, 2.45) is 0 Å². The molecule has 1 heterocycles. The van der Waals surface area contributed by atoms with Gasteiger partial charge in [-0.3, -0.25) is 0 Å². The lowest BCUT2D eigenvalue weighted by Gasteiger charge is -2.38. The number of piperazine rings is 1. The molecule has 0 aliphatic carbocycles. The van der Waals surface area contributed by atoms with E-state index in [2.05, 4.69) is 4.18 Å². The van der Waals surface area contributed by atoms with Crippen molar-refractivity contribution in [3.63, 3.8) is 0 Å².